The van der Waals surface area contributed by atoms with Crippen molar-refractivity contribution in [1.82, 2.24) is 10.4 Å². The van der Waals surface area contributed by atoms with Gasteiger partial charge in [-0.05, 0) is 24.3 Å². The van der Waals surface area contributed by atoms with Crippen LogP contribution in [0.2, 0.25) is 0 Å². The number of aromatic nitrogens is 1. The molecule has 0 spiro atoms. The van der Waals surface area contributed by atoms with Crippen molar-refractivity contribution in [1.29, 1.82) is 0 Å². The van der Waals surface area contributed by atoms with Gasteiger partial charge in [0.2, 0.25) is 0 Å². The van der Waals surface area contributed by atoms with Crippen molar-refractivity contribution in [3.05, 3.63) is 65.9 Å². The summed E-state index contributed by atoms with van der Waals surface area (Å²) in [6, 6.07) is 16.5. The molecule has 1 N–H and O–H groups in total. The standard InChI is InChI=1S/C19H17N3O3/c1-24-17-9-5-7-14(18(17)25-2)12-20-22-19(23)16-11-10-13-6-3-4-8-15(13)21-16/h3-12H,1-2H3,(H,22,23)/b20-12+. The Morgan fingerprint density at radius 2 is 1.88 bits per heavy atom. The highest BCUT2D eigenvalue weighted by Crippen LogP contribution is 2.29. The first-order valence-electron chi connectivity index (χ1n) is 7.63. The van der Waals surface area contributed by atoms with Gasteiger partial charge in [0.25, 0.3) is 5.91 Å². The third-order valence-electron chi connectivity index (χ3n) is 3.63. The molecule has 0 atom stereocenters. The molecule has 0 aliphatic rings. The number of methoxy groups -OCH3 is 2. The molecule has 0 aliphatic heterocycles. The lowest BCUT2D eigenvalue weighted by molar-refractivity contribution is 0.0950. The van der Waals surface area contributed by atoms with Gasteiger partial charge in [0.1, 0.15) is 5.69 Å². The van der Waals surface area contributed by atoms with Crippen LogP contribution in [0.3, 0.4) is 0 Å². The first-order chi connectivity index (χ1) is 12.2. The van der Waals surface area contributed by atoms with E-state index in [2.05, 4.69) is 15.5 Å². The summed E-state index contributed by atoms with van der Waals surface area (Å²) < 4.78 is 10.5. The molecule has 2 aromatic carbocycles. The van der Waals surface area contributed by atoms with Crippen LogP contribution in [0.1, 0.15) is 16.1 Å². The summed E-state index contributed by atoms with van der Waals surface area (Å²) in [5, 5.41) is 4.96. The van der Waals surface area contributed by atoms with Crippen molar-refractivity contribution >= 4 is 23.0 Å². The summed E-state index contributed by atoms with van der Waals surface area (Å²) in [7, 11) is 3.11. The zero-order valence-corrected chi connectivity index (χ0v) is 13.9. The van der Waals surface area contributed by atoms with Crippen LogP contribution < -0.4 is 14.9 Å². The number of rotatable bonds is 5. The van der Waals surface area contributed by atoms with Gasteiger partial charge in [-0.15, -0.1) is 0 Å². The average Bonchev–Trinajstić information content (AvgIpc) is 2.67. The molecule has 1 amide bonds. The number of fused-ring (bicyclic) bond motifs is 1. The predicted molar refractivity (Wildman–Crippen MR) is 96.3 cm³/mol. The smallest absolute Gasteiger partial charge is 0.289 e. The Morgan fingerprint density at radius 1 is 1.04 bits per heavy atom. The highest BCUT2D eigenvalue weighted by atomic mass is 16.5. The van der Waals surface area contributed by atoms with Crippen molar-refractivity contribution in [3.8, 4) is 11.5 Å². The molecule has 1 heterocycles. The molecule has 0 bridgehead atoms. The Balaban J connectivity index is 1.76. The molecule has 3 rings (SSSR count). The number of carbonyl (C=O) groups is 1. The highest BCUT2D eigenvalue weighted by Gasteiger charge is 2.09. The second kappa shape index (κ2) is 7.44. The maximum atomic E-state index is 12.2. The normalized spacial score (nSPS) is 10.8. The van der Waals surface area contributed by atoms with Gasteiger partial charge in [-0.3, -0.25) is 4.79 Å². The quantitative estimate of drug-likeness (QED) is 0.575. The lowest BCUT2D eigenvalue weighted by atomic mass is 10.2. The number of nitrogens with zero attached hydrogens (tertiary/aromatic N) is 2. The zero-order valence-electron chi connectivity index (χ0n) is 13.9. The number of hydrogen-bond donors (Lipinski definition) is 1. The fourth-order valence-electron chi connectivity index (χ4n) is 2.42. The van der Waals surface area contributed by atoms with Crippen molar-refractivity contribution in [3.63, 3.8) is 0 Å². The Bertz CT molecular complexity index is 938. The van der Waals surface area contributed by atoms with Crippen LogP contribution in [0.4, 0.5) is 0 Å². The number of carbonyl (C=O) groups excluding carboxylic acids is 1. The van der Waals surface area contributed by atoms with Crippen molar-refractivity contribution in [2.24, 2.45) is 5.10 Å². The minimum absolute atomic E-state index is 0.299. The lowest BCUT2D eigenvalue weighted by Gasteiger charge is -2.09. The largest absolute Gasteiger partial charge is 0.493 e. The van der Waals surface area contributed by atoms with E-state index < -0.39 is 0 Å². The van der Waals surface area contributed by atoms with E-state index in [-0.39, 0.29) is 5.91 Å². The fraction of sp³-hybridized carbons (Fsp3) is 0.105. The van der Waals surface area contributed by atoms with Gasteiger partial charge in [-0.1, -0.05) is 30.3 Å². The van der Waals surface area contributed by atoms with E-state index in [4.69, 9.17) is 9.47 Å². The van der Waals surface area contributed by atoms with Crippen LogP contribution in [-0.2, 0) is 0 Å². The van der Waals surface area contributed by atoms with Gasteiger partial charge < -0.3 is 9.47 Å². The summed E-state index contributed by atoms with van der Waals surface area (Å²) in [5.41, 5.74) is 4.22. The van der Waals surface area contributed by atoms with Crippen molar-refractivity contribution in [2.45, 2.75) is 0 Å². The van der Waals surface area contributed by atoms with Crippen LogP contribution >= 0.6 is 0 Å². The molecule has 126 valence electrons. The monoisotopic (exact) mass is 335 g/mol. The molecule has 25 heavy (non-hydrogen) atoms. The van der Waals surface area contributed by atoms with Crippen LogP contribution in [0.25, 0.3) is 10.9 Å². The molecule has 3 aromatic rings. The summed E-state index contributed by atoms with van der Waals surface area (Å²) >= 11 is 0. The van der Waals surface area contributed by atoms with E-state index in [1.807, 2.05) is 42.5 Å². The number of benzene rings is 2. The van der Waals surface area contributed by atoms with Crippen molar-refractivity contribution in [2.75, 3.05) is 14.2 Å². The molecule has 6 nitrogen and oxygen atoms in total. The second-order valence-corrected chi connectivity index (χ2v) is 5.17. The molecule has 0 unspecified atom stereocenters. The topological polar surface area (TPSA) is 72.8 Å². The van der Waals surface area contributed by atoms with E-state index in [1.165, 1.54) is 6.21 Å². The highest BCUT2D eigenvalue weighted by molar-refractivity contribution is 5.95. The number of pyridine rings is 1. The average molecular weight is 335 g/mol. The van der Waals surface area contributed by atoms with Crippen LogP contribution in [0.5, 0.6) is 11.5 Å². The van der Waals surface area contributed by atoms with Gasteiger partial charge in [0.05, 0.1) is 26.0 Å². The number of ether oxygens (including phenoxy) is 2. The molecule has 6 heteroatoms. The Morgan fingerprint density at radius 3 is 2.68 bits per heavy atom. The van der Waals surface area contributed by atoms with Crippen LogP contribution in [0, 0.1) is 0 Å². The minimum atomic E-state index is -0.385. The fourth-order valence-corrected chi connectivity index (χ4v) is 2.42. The predicted octanol–water partition coefficient (Wildman–Crippen LogP) is 3.02. The summed E-state index contributed by atoms with van der Waals surface area (Å²) in [4.78, 5) is 16.5. The lowest BCUT2D eigenvalue weighted by Crippen LogP contribution is -2.19. The maximum Gasteiger partial charge on any atom is 0.289 e. The van der Waals surface area contributed by atoms with Gasteiger partial charge in [0.15, 0.2) is 11.5 Å². The van der Waals surface area contributed by atoms with E-state index in [9.17, 15) is 4.79 Å². The van der Waals surface area contributed by atoms with Crippen molar-refractivity contribution < 1.29 is 14.3 Å². The second-order valence-electron chi connectivity index (χ2n) is 5.17. The molecule has 0 fully saturated rings. The van der Waals surface area contributed by atoms with E-state index >= 15 is 0 Å². The van der Waals surface area contributed by atoms with E-state index in [0.29, 0.717) is 22.8 Å². The molecule has 0 aliphatic carbocycles. The number of amides is 1. The van der Waals surface area contributed by atoms with E-state index in [1.54, 1.807) is 26.4 Å². The van der Waals surface area contributed by atoms with E-state index in [0.717, 1.165) is 10.9 Å². The summed E-state index contributed by atoms with van der Waals surface area (Å²) in [6.45, 7) is 0. The summed E-state index contributed by atoms with van der Waals surface area (Å²) in [5.74, 6) is 0.754. The third-order valence-corrected chi connectivity index (χ3v) is 3.63. The first-order valence-corrected chi connectivity index (χ1v) is 7.63. The maximum absolute atomic E-state index is 12.2. The Hall–Kier alpha value is -3.41. The number of hydrogen-bond acceptors (Lipinski definition) is 5. The first kappa shape index (κ1) is 16.4. The number of hydrazone groups is 1. The molecular weight excluding hydrogens is 318 g/mol. The van der Waals surface area contributed by atoms with Gasteiger partial charge in [-0.2, -0.15) is 5.10 Å². The van der Waals surface area contributed by atoms with Gasteiger partial charge in [0, 0.05) is 10.9 Å². The van der Waals surface area contributed by atoms with Crippen LogP contribution in [0.15, 0.2) is 59.7 Å². The Kier molecular flexibility index (Phi) is 4.89. The SMILES string of the molecule is COc1cccc(/C=N/NC(=O)c2ccc3ccccc3n2)c1OC. The minimum Gasteiger partial charge on any atom is -0.493 e. The Labute approximate surface area is 145 Å². The van der Waals surface area contributed by atoms with Crippen LogP contribution in [-0.4, -0.2) is 31.3 Å². The molecule has 1 aromatic heterocycles. The molecule has 0 radical (unpaired) electrons. The van der Waals surface area contributed by atoms with Gasteiger partial charge in [-0.25, -0.2) is 10.4 Å². The summed E-state index contributed by atoms with van der Waals surface area (Å²) in [6.07, 6.45) is 1.50. The number of nitrogens with one attached hydrogen (secondary N) is 1. The molecule has 0 saturated heterocycles. The molecular formula is C19H17N3O3. The molecule has 0 saturated carbocycles. The van der Waals surface area contributed by atoms with Gasteiger partial charge >= 0.3 is 0 Å². The zero-order chi connectivity index (χ0) is 17.6. The number of para-hydroxylation sites is 2. The third kappa shape index (κ3) is 3.58.